The van der Waals surface area contributed by atoms with Crippen LogP contribution in [0.15, 0.2) is 24.3 Å². The maximum Gasteiger partial charge on any atom is 0.115 e. The fraction of sp³-hybridized carbons (Fsp3) is 0.647. The molecule has 4 heteroatoms. The van der Waals surface area contributed by atoms with Crippen molar-refractivity contribution in [1.82, 2.24) is 10.2 Å². The predicted octanol–water partition coefficient (Wildman–Crippen LogP) is 2.02. The summed E-state index contributed by atoms with van der Waals surface area (Å²) in [6.45, 7) is 7.29. The van der Waals surface area contributed by atoms with Gasteiger partial charge >= 0.3 is 0 Å². The van der Waals surface area contributed by atoms with E-state index in [0.717, 1.165) is 32.5 Å². The first-order valence-corrected chi connectivity index (χ1v) is 7.88. The number of morpholine rings is 1. The van der Waals surface area contributed by atoms with Crippen LogP contribution in [0.25, 0.3) is 0 Å². The molecule has 3 atom stereocenters. The number of rotatable bonds is 6. The number of phenolic OH excluding ortho intramolecular Hbond substituents is 1. The SMILES string of the molecule is C[C@H](CCc1ccc(O)cc1)N[C@@H](C)[C@H]1CN(C)CCO1. The Morgan fingerprint density at radius 1 is 1.33 bits per heavy atom. The van der Waals surface area contributed by atoms with E-state index in [4.69, 9.17) is 4.74 Å². The number of nitrogens with one attached hydrogen (secondary N) is 1. The van der Waals surface area contributed by atoms with Crippen molar-refractivity contribution >= 4 is 0 Å². The summed E-state index contributed by atoms with van der Waals surface area (Å²) in [7, 11) is 2.15. The van der Waals surface area contributed by atoms with E-state index in [-0.39, 0.29) is 6.10 Å². The van der Waals surface area contributed by atoms with Gasteiger partial charge in [0.1, 0.15) is 5.75 Å². The van der Waals surface area contributed by atoms with Crippen molar-refractivity contribution in [2.24, 2.45) is 0 Å². The van der Waals surface area contributed by atoms with Crippen molar-refractivity contribution in [3.05, 3.63) is 29.8 Å². The van der Waals surface area contributed by atoms with Gasteiger partial charge in [0.2, 0.25) is 0 Å². The Balaban J connectivity index is 1.73. The second kappa shape index (κ2) is 7.78. The lowest BCUT2D eigenvalue weighted by Crippen LogP contribution is -2.51. The highest BCUT2D eigenvalue weighted by Crippen LogP contribution is 2.13. The lowest BCUT2D eigenvalue weighted by Gasteiger charge is -2.35. The van der Waals surface area contributed by atoms with Crippen molar-refractivity contribution in [3.63, 3.8) is 0 Å². The standard InChI is InChI=1S/C17H28N2O2/c1-13(4-5-15-6-8-16(20)9-7-15)18-14(2)17-12-19(3)10-11-21-17/h6-9,13-14,17-18,20H,4-5,10-12H2,1-3H3/t13-,14+,17-/m1/s1. The van der Waals surface area contributed by atoms with Crippen LogP contribution in [0.3, 0.4) is 0 Å². The molecule has 0 spiro atoms. The molecule has 0 unspecified atom stereocenters. The maximum atomic E-state index is 9.29. The van der Waals surface area contributed by atoms with Gasteiger partial charge in [0, 0.05) is 25.2 Å². The van der Waals surface area contributed by atoms with E-state index >= 15 is 0 Å². The largest absolute Gasteiger partial charge is 0.508 e. The summed E-state index contributed by atoms with van der Waals surface area (Å²) in [5, 5.41) is 12.9. The van der Waals surface area contributed by atoms with Gasteiger partial charge in [0.05, 0.1) is 12.7 Å². The summed E-state index contributed by atoms with van der Waals surface area (Å²) < 4.78 is 5.86. The monoisotopic (exact) mass is 292 g/mol. The Morgan fingerprint density at radius 2 is 2.05 bits per heavy atom. The van der Waals surface area contributed by atoms with E-state index in [0.29, 0.717) is 17.8 Å². The number of nitrogens with zero attached hydrogens (tertiary/aromatic N) is 1. The average molecular weight is 292 g/mol. The number of hydrogen-bond donors (Lipinski definition) is 2. The molecule has 1 fully saturated rings. The van der Waals surface area contributed by atoms with Crippen LogP contribution in [-0.2, 0) is 11.2 Å². The first kappa shape index (κ1) is 16.3. The molecule has 0 radical (unpaired) electrons. The summed E-state index contributed by atoms with van der Waals surface area (Å²) in [5.41, 5.74) is 1.27. The van der Waals surface area contributed by atoms with E-state index in [9.17, 15) is 5.11 Å². The van der Waals surface area contributed by atoms with Crippen LogP contribution in [0.2, 0.25) is 0 Å². The molecule has 4 nitrogen and oxygen atoms in total. The Hall–Kier alpha value is -1.10. The van der Waals surface area contributed by atoms with Crippen molar-refractivity contribution in [2.75, 3.05) is 26.7 Å². The van der Waals surface area contributed by atoms with E-state index in [1.807, 2.05) is 12.1 Å². The van der Waals surface area contributed by atoms with E-state index in [1.54, 1.807) is 12.1 Å². The molecule has 0 aromatic heterocycles. The normalized spacial score (nSPS) is 22.9. The lowest BCUT2D eigenvalue weighted by atomic mass is 10.0. The molecule has 0 saturated carbocycles. The van der Waals surface area contributed by atoms with Gasteiger partial charge in [-0.1, -0.05) is 12.1 Å². The second-order valence-corrected chi connectivity index (χ2v) is 6.23. The number of aryl methyl sites for hydroxylation is 1. The number of phenols is 1. The third kappa shape index (κ3) is 5.30. The van der Waals surface area contributed by atoms with Gasteiger partial charge in [0.15, 0.2) is 0 Å². The molecule has 2 rings (SSSR count). The summed E-state index contributed by atoms with van der Waals surface area (Å²) in [6, 6.07) is 8.30. The minimum Gasteiger partial charge on any atom is -0.508 e. The molecule has 118 valence electrons. The third-order valence-corrected chi connectivity index (χ3v) is 4.20. The number of likely N-dealkylation sites (N-methyl/N-ethyl adjacent to an activating group) is 1. The Bertz CT molecular complexity index is 421. The highest BCUT2D eigenvalue weighted by Gasteiger charge is 2.24. The van der Waals surface area contributed by atoms with Crippen LogP contribution in [0.4, 0.5) is 0 Å². The molecule has 1 heterocycles. The molecule has 0 amide bonds. The fourth-order valence-corrected chi connectivity index (χ4v) is 2.80. The molecule has 1 saturated heterocycles. The minimum absolute atomic E-state index is 0.278. The molecule has 2 N–H and O–H groups in total. The zero-order chi connectivity index (χ0) is 15.2. The van der Waals surface area contributed by atoms with Crippen molar-refractivity contribution < 1.29 is 9.84 Å². The molecule has 1 aliphatic heterocycles. The maximum absolute atomic E-state index is 9.29. The van der Waals surface area contributed by atoms with Gasteiger partial charge in [-0.25, -0.2) is 0 Å². The van der Waals surface area contributed by atoms with E-state index < -0.39 is 0 Å². The van der Waals surface area contributed by atoms with Gasteiger partial charge in [-0.15, -0.1) is 0 Å². The first-order chi connectivity index (χ1) is 10.0. The smallest absolute Gasteiger partial charge is 0.115 e. The van der Waals surface area contributed by atoms with Crippen LogP contribution in [-0.4, -0.2) is 54.9 Å². The topological polar surface area (TPSA) is 44.7 Å². The zero-order valence-electron chi connectivity index (χ0n) is 13.4. The van der Waals surface area contributed by atoms with Crippen LogP contribution >= 0.6 is 0 Å². The summed E-state index contributed by atoms with van der Waals surface area (Å²) in [4.78, 5) is 2.33. The fourth-order valence-electron chi connectivity index (χ4n) is 2.80. The Kier molecular flexibility index (Phi) is 6.03. The van der Waals surface area contributed by atoms with Gasteiger partial charge in [-0.05, 0) is 51.4 Å². The zero-order valence-corrected chi connectivity index (χ0v) is 13.4. The van der Waals surface area contributed by atoms with E-state index in [1.165, 1.54) is 5.56 Å². The molecule has 1 aromatic carbocycles. The third-order valence-electron chi connectivity index (χ3n) is 4.20. The highest BCUT2D eigenvalue weighted by atomic mass is 16.5. The molecular formula is C17H28N2O2. The number of ether oxygens (including phenoxy) is 1. The number of hydrogen-bond acceptors (Lipinski definition) is 4. The summed E-state index contributed by atoms with van der Waals surface area (Å²) in [5.74, 6) is 0.331. The molecular weight excluding hydrogens is 264 g/mol. The Labute approximate surface area is 128 Å². The highest BCUT2D eigenvalue weighted by molar-refractivity contribution is 5.25. The van der Waals surface area contributed by atoms with E-state index in [2.05, 4.69) is 31.1 Å². The van der Waals surface area contributed by atoms with Crippen molar-refractivity contribution in [3.8, 4) is 5.75 Å². The first-order valence-electron chi connectivity index (χ1n) is 7.88. The van der Waals surface area contributed by atoms with Gasteiger partial charge < -0.3 is 20.1 Å². The molecule has 0 bridgehead atoms. The van der Waals surface area contributed by atoms with Gasteiger partial charge in [-0.3, -0.25) is 0 Å². The summed E-state index contributed by atoms with van der Waals surface area (Å²) >= 11 is 0. The van der Waals surface area contributed by atoms with Crippen LogP contribution in [0.5, 0.6) is 5.75 Å². The molecule has 21 heavy (non-hydrogen) atoms. The van der Waals surface area contributed by atoms with Crippen molar-refractivity contribution in [2.45, 2.75) is 44.9 Å². The number of benzene rings is 1. The number of aromatic hydroxyl groups is 1. The molecule has 0 aliphatic carbocycles. The van der Waals surface area contributed by atoms with Crippen LogP contribution in [0, 0.1) is 0 Å². The predicted molar refractivity (Wildman–Crippen MR) is 85.7 cm³/mol. The van der Waals surface area contributed by atoms with Gasteiger partial charge in [0.25, 0.3) is 0 Å². The minimum atomic E-state index is 0.278. The molecule has 1 aromatic rings. The summed E-state index contributed by atoms with van der Waals surface area (Å²) in [6.07, 6.45) is 2.38. The molecule has 1 aliphatic rings. The lowest BCUT2D eigenvalue weighted by molar-refractivity contribution is -0.0369. The van der Waals surface area contributed by atoms with Crippen LogP contribution in [0.1, 0.15) is 25.8 Å². The van der Waals surface area contributed by atoms with Crippen LogP contribution < -0.4 is 5.32 Å². The quantitative estimate of drug-likeness (QED) is 0.842. The van der Waals surface area contributed by atoms with Gasteiger partial charge in [-0.2, -0.15) is 0 Å². The Morgan fingerprint density at radius 3 is 2.71 bits per heavy atom. The second-order valence-electron chi connectivity index (χ2n) is 6.23. The average Bonchev–Trinajstić information content (AvgIpc) is 2.46. The van der Waals surface area contributed by atoms with Crippen molar-refractivity contribution in [1.29, 1.82) is 0 Å².